The Labute approximate surface area is 203 Å². The summed E-state index contributed by atoms with van der Waals surface area (Å²) in [5.74, 6) is -0.181. The molecule has 4 heterocycles. The van der Waals surface area contributed by atoms with Gasteiger partial charge in [-0.25, -0.2) is 0 Å². The highest BCUT2D eigenvalue weighted by atomic mass is 35.5. The van der Waals surface area contributed by atoms with Crippen LogP contribution in [0.4, 0.5) is 5.82 Å². The largest absolute Gasteiger partial charge is 0.387 e. The highest BCUT2D eigenvalue weighted by Gasteiger charge is 2.55. The predicted octanol–water partition coefficient (Wildman–Crippen LogP) is -0.741. The van der Waals surface area contributed by atoms with E-state index in [0.29, 0.717) is 11.3 Å². The van der Waals surface area contributed by atoms with Crippen molar-refractivity contribution in [1.82, 2.24) is 30.3 Å². The van der Waals surface area contributed by atoms with E-state index in [4.69, 9.17) is 21.1 Å². The Morgan fingerprint density at radius 3 is 2.66 bits per heavy atom. The van der Waals surface area contributed by atoms with Crippen molar-refractivity contribution in [3.05, 3.63) is 5.28 Å². The standard InChI is InChI=1S/C18H25ClN7O8P/c19-17-22-14(21-8-3-1-2-4-8)11-15(23-17)26(25-24-11)16-13(29)12(28)9(34-16)6-33-18(35(30,31)32)5-10(27)20-7-18/h8-9,12-13,16,28-29H,1-7H2,(H,20,27)(H,21,22,23)(H2,30,31,32)/t9-,12-,13-,16-,18?/m1/s1. The molecule has 1 amide bonds. The Morgan fingerprint density at radius 2 is 2.00 bits per heavy atom. The molecule has 1 unspecified atom stereocenters. The predicted molar refractivity (Wildman–Crippen MR) is 118 cm³/mol. The molecule has 35 heavy (non-hydrogen) atoms. The van der Waals surface area contributed by atoms with Crippen LogP contribution in [0.15, 0.2) is 0 Å². The lowest BCUT2D eigenvalue weighted by Gasteiger charge is -2.29. The second kappa shape index (κ2) is 9.16. The second-order valence-electron chi connectivity index (χ2n) is 8.97. The number of carbonyl (C=O) groups excluding carboxylic acids is 1. The summed E-state index contributed by atoms with van der Waals surface area (Å²) in [6.45, 7) is -0.906. The van der Waals surface area contributed by atoms with E-state index in [-0.39, 0.29) is 17.0 Å². The number of anilines is 1. The minimum atomic E-state index is -4.86. The molecule has 0 bridgehead atoms. The van der Waals surface area contributed by atoms with Gasteiger partial charge in [-0.3, -0.25) is 9.36 Å². The molecule has 2 aromatic heterocycles. The maximum absolute atomic E-state index is 12.0. The van der Waals surface area contributed by atoms with Crippen LogP contribution in [0.25, 0.3) is 11.2 Å². The Hall–Kier alpha value is -1.97. The van der Waals surface area contributed by atoms with Gasteiger partial charge in [0.25, 0.3) is 0 Å². The summed E-state index contributed by atoms with van der Waals surface area (Å²) in [5.41, 5.74) is 0.475. The van der Waals surface area contributed by atoms with Gasteiger partial charge in [-0.1, -0.05) is 18.1 Å². The van der Waals surface area contributed by atoms with E-state index in [0.717, 1.165) is 30.4 Å². The van der Waals surface area contributed by atoms with E-state index < -0.39 is 63.0 Å². The van der Waals surface area contributed by atoms with Crippen molar-refractivity contribution in [1.29, 1.82) is 0 Å². The van der Waals surface area contributed by atoms with Crippen molar-refractivity contribution >= 4 is 42.1 Å². The number of hydrogen-bond acceptors (Lipinski definition) is 11. The van der Waals surface area contributed by atoms with Crippen LogP contribution in [0.1, 0.15) is 38.3 Å². The van der Waals surface area contributed by atoms with Gasteiger partial charge in [-0.15, -0.1) is 5.10 Å². The monoisotopic (exact) mass is 533 g/mol. The van der Waals surface area contributed by atoms with Gasteiger partial charge in [0.05, 0.1) is 19.6 Å². The molecule has 0 aromatic carbocycles. The average molecular weight is 534 g/mol. The van der Waals surface area contributed by atoms with Crippen molar-refractivity contribution in [2.45, 2.75) is 68.0 Å². The summed E-state index contributed by atoms with van der Waals surface area (Å²) in [4.78, 5) is 39.5. The van der Waals surface area contributed by atoms with Crippen LogP contribution < -0.4 is 10.6 Å². The highest BCUT2D eigenvalue weighted by molar-refractivity contribution is 7.53. The Morgan fingerprint density at radius 1 is 1.26 bits per heavy atom. The molecule has 2 saturated heterocycles. The number of carbonyl (C=O) groups is 1. The molecule has 17 heteroatoms. The Balaban J connectivity index is 1.36. The van der Waals surface area contributed by atoms with Crippen LogP contribution in [0.3, 0.4) is 0 Å². The highest BCUT2D eigenvalue weighted by Crippen LogP contribution is 2.54. The summed E-state index contributed by atoms with van der Waals surface area (Å²) < 4.78 is 24.4. The van der Waals surface area contributed by atoms with Gasteiger partial charge in [-0.05, 0) is 24.4 Å². The van der Waals surface area contributed by atoms with Crippen LogP contribution in [0.5, 0.6) is 0 Å². The normalized spacial score (nSPS) is 32.0. The van der Waals surface area contributed by atoms with Crippen LogP contribution in [0, 0.1) is 0 Å². The number of aromatic nitrogens is 5. The maximum atomic E-state index is 12.0. The quantitative estimate of drug-likeness (QED) is 0.191. The van der Waals surface area contributed by atoms with Gasteiger partial charge in [0.15, 0.2) is 28.6 Å². The molecule has 5 atom stereocenters. The van der Waals surface area contributed by atoms with Crippen LogP contribution >= 0.6 is 19.2 Å². The number of fused-ring (bicyclic) bond motifs is 1. The molecule has 15 nitrogen and oxygen atoms in total. The van der Waals surface area contributed by atoms with Crippen molar-refractivity contribution in [2.75, 3.05) is 18.5 Å². The third-order valence-electron chi connectivity index (χ3n) is 6.62. The van der Waals surface area contributed by atoms with Crippen molar-refractivity contribution < 1.29 is 38.8 Å². The fourth-order valence-electron chi connectivity index (χ4n) is 4.65. The summed E-state index contributed by atoms with van der Waals surface area (Å²) >= 11 is 6.12. The van der Waals surface area contributed by atoms with E-state index in [1.54, 1.807) is 0 Å². The van der Waals surface area contributed by atoms with Gasteiger partial charge in [0.2, 0.25) is 11.2 Å². The fourth-order valence-corrected chi connectivity index (χ4v) is 5.69. The molecular weight excluding hydrogens is 509 g/mol. The summed E-state index contributed by atoms with van der Waals surface area (Å²) in [5, 5.41) is 32.8. The van der Waals surface area contributed by atoms with Crippen LogP contribution in [-0.4, -0.2) is 93.7 Å². The first-order chi connectivity index (χ1) is 16.6. The third-order valence-corrected chi connectivity index (χ3v) is 8.29. The molecule has 1 saturated carbocycles. The first-order valence-electron chi connectivity index (χ1n) is 11.1. The molecule has 0 radical (unpaired) electrons. The Kier molecular flexibility index (Phi) is 6.47. The maximum Gasteiger partial charge on any atom is 0.359 e. The SMILES string of the molecule is O=C1CC(OC[C@H]2O[C@@H](n3nnc4c(NC5CCCC5)nc(Cl)nc43)[C@H](O)[C@@H]2O)(P(=O)(O)O)CN1. The zero-order valence-corrected chi connectivity index (χ0v) is 20.0. The van der Waals surface area contributed by atoms with Crippen molar-refractivity contribution in [3.63, 3.8) is 0 Å². The first kappa shape index (κ1) is 24.7. The topological polar surface area (TPSA) is 214 Å². The third kappa shape index (κ3) is 4.51. The number of aliphatic hydroxyl groups excluding tert-OH is 2. The number of rotatable bonds is 7. The molecular formula is C18H25ClN7O8P. The minimum Gasteiger partial charge on any atom is -0.387 e. The van der Waals surface area contributed by atoms with E-state index >= 15 is 0 Å². The van der Waals surface area contributed by atoms with E-state index in [2.05, 4.69) is 30.9 Å². The van der Waals surface area contributed by atoms with Crippen molar-refractivity contribution in [3.8, 4) is 0 Å². The number of ether oxygens (including phenoxy) is 2. The minimum absolute atomic E-state index is 0.0727. The molecule has 6 N–H and O–H groups in total. The zero-order chi connectivity index (χ0) is 25.0. The number of amides is 1. The first-order valence-corrected chi connectivity index (χ1v) is 13.1. The second-order valence-corrected chi connectivity index (χ2v) is 11.2. The molecule has 1 aliphatic carbocycles. The molecule has 192 valence electrons. The summed E-state index contributed by atoms with van der Waals surface area (Å²) in [7, 11) is -4.86. The van der Waals surface area contributed by atoms with Crippen LogP contribution in [0.2, 0.25) is 5.28 Å². The van der Waals surface area contributed by atoms with Gasteiger partial charge in [-0.2, -0.15) is 14.6 Å². The fraction of sp³-hybridized carbons (Fsp3) is 0.722. The smallest absolute Gasteiger partial charge is 0.359 e. The molecule has 5 rings (SSSR count). The molecule has 0 spiro atoms. The zero-order valence-electron chi connectivity index (χ0n) is 18.3. The van der Waals surface area contributed by atoms with Gasteiger partial charge in [0.1, 0.15) is 18.3 Å². The lowest BCUT2D eigenvalue weighted by Crippen LogP contribution is -2.40. The number of nitrogens with one attached hydrogen (secondary N) is 2. The number of halogens is 1. The van der Waals surface area contributed by atoms with Crippen molar-refractivity contribution in [2.24, 2.45) is 0 Å². The Bertz CT molecular complexity index is 1170. The van der Waals surface area contributed by atoms with Crippen LogP contribution in [-0.2, 0) is 18.8 Å². The van der Waals surface area contributed by atoms with E-state index in [9.17, 15) is 29.4 Å². The van der Waals surface area contributed by atoms with Gasteiger partial charge >= 0.3 is 7.60 Å². The van der Waals surface area contributed by atoms with Gasteiger partial charge < -0.3 is 40.1 Å². The summed E-state index contributed by atoms with van der Waals surface area (Å²) in [6, 6.07) is 0.212. The lowest BCUT2D eigenvalue weighted by molar-refractivity contribution is -0.122. The number of hydrogen-bond donors (Lipinski definition) is 6. The molecule has 3 aliphatic rings. The number of nitrogens with zero attached hydrogens (tertiary/aromatic N) is 5. The van der Waals surface area contributed by atoms with Gasteiger partial charge in [0, 0.05) is 6.04 Å². The lowest BCUT2D eigenvalue weighted by atomic mass is 10.1. The van der Waals surface area contributed by atoms with E-state index in [1.165, 1.54) is 0 Å². The number of aliphatic hydroxyl groups is 2. The molecule has 2 aromatic rings. The molecule has 2 aliphatic heterocycles. The summed E-state index contributed by atoms with van der Waals surface area (Å²) in [6.07, 6.45) is -1.82. The average Bonchev–Trinajstić information content (AvgIpc) is 3.56. The molecule has 3 fully saturated rings. The van der Waals surface area contributed by atoms with E-state index in [1.807, 2.05) is 0 Å².